The molecule has 68 valence electrons. The maximum Gasteiger partial charge on any atom is 0.302 e. The molecule has 0 saturated carbocycles. The number of ether oxygens (including phenoxy) is 1. The summed E-state index contributed by atoms with van der Waals surface area (Å²) in [6.07, 6.45) is -1.54. The van der Waals surface area contributed by atoms with E-state index in [0.717, 1.165) is 13.8 Å². The van der Waals surface area contributed by atoms with Crippen molar-refractivity contribution in [2.75, 3.05) is 6.61 Å². The van der Waals surface area contributed by atoms with Gasteiger partial charge in [-0.1, -0.05) is 0 Å². The Hall–Kier alpha value is -1.23. The van der Waals surface area contributed by atoms with Crippen LogP contribution in [-0.2, 0) is 19.1 Å². The molecule has 12 heavy (non-hydrogen) atoms. The van der Waals surface area contributed by atoms with E-state index in [4.69, 9.17) is 5.11 Å². The van der Waals surface area contributed by atoms with Crippen molar-refractivity contribution in [1.29, 1.82) is 0 Å². The van der Waals surface area contributed by atoms with Crippen LogP contribution in [0.15, 0.2) is 0 Å². The zero-order valence-corrected chi connectivity index (χ0v) is 6.86. The molecule has 0 radical (unpaired) electrons. The first-order valence-corrected chi connectivity index (χ1v) is 3.31. The molecular weight excluding hydrogens is 164 g/mol. The summed E-state index contributed by atoms with van der Waals surface area (Å²) < 4.78 is 4.31. The molecule has 0 rings (SSSR count). The van der Waals surface area contributed by atoms with Crippen LogP contribution in [0.1, 0.15) is 13.8 Å². The third kappa shape index (κ3) is 3.82. The van der Waals surface area contributed by atoms with Crippen LogP contribution >= 0.6 is 0 Å². The highest BCUT2D eigenvalue weighted by molar-refractivity contribution is 6.37. The highest BCUT2D eigenvalue weighted by Crippen LogP contribution is 1.90. The molecule has 0 saturated heterocycles. The number of carbonyl (C=O) groups is 3. The molecule has 1 N–H and O–H groups in total. The van der Waals surface area contributed by atoms with Crippen LogP contribution in [0.4, 0.5) is 0 Å². The average Bonchev–Trinajstić information content (AvgIpc) is 1.98. The third-order valence-corrected chi connectivity index (χ3v) is 1.09. The fourth-order valence-corrected chi connectivity index (χ4v) is 0.507. The van der Waals surface area contributed by atoms with Gasteiger partial charge in [-0.05, 0) is 0 Å². The van der Waals surface area contributed by atoms with Gasteiger partial charge in [0.05, 0.1) is 0 Å². The number of hydrogen-bond donors (Lipinski definition) is 1. The number of esters is 1. The van der Waals surface area contributed by atoms with E-state index in [0.29, 0.717) is 0 Å². The second kappa shape index (κ2) is 4.61. The molecule has 0 amide bonds. The Morgan fingerprint density at radius 1 is 1.33 bits per heavy atom. The van der Waals surface area contributed by atoms with E-state index in [9.17, 15) is 14.4 Å². The maximum atomic E-state index is 10.7. The van der Waals surface area contributed by atoms with Crippen LogP contribution in [-0.4, -0.2) is 35.4 Å². The van der Waals surface area contributed by atoms with Gasteiger partial charge in [-0.2, -0.15) is 0 Å². The fourth-order valence-electron chi connectivity index (χ4n) is 0.507. The van der Waals surface area contributed by atoms with Gasteiger partial charge >= 0.3 is 5.97 Å². The van der Waals surface area contributed by atoms with Crippen LogP contribution < -0.4 is 0 Å². The Kier molecular flexibility index (Phi) is 4.14. The van der Waals surface area contributed by atoms with Crippen LogP contribution in [0, 0.1) is 0 Å². The standard InChI is InChI=1S/C7H10O5/c1-4(8)7(11)6(10)3-12-5(2)9/h6,10H,3H2,1-2H3. The first-order valence-electron chi connectivity index (χ1n) is 3.31. The highest BCUT2D eigenvalue weighted by atomic mass is 16.5. The Morgan fingerprint density at radius 3 is 2.17 bits per heavy atom. The molecule has 0 fully saturated rings. The SMILES string of the molecule is CC(=O)OCC(O)C(=O)C(C)=O. The van der Waals surface area contributed by atoms with E-state index >= 15 is 0 Å². The number of ketones is 2. The van der Waals surface area contributed by atoms with Crippen molar-refractivity contribution < 1.29 is 24.2 Å². The van der Waals surface area contributed by atoms with E-state index in [1.807, 2.05) is 0 Å². The molecule has 5 nitrogen and oxygen atoms in total. The number of rotatable bonds is 4. The minimum atomic E-state index is -1.54. The molecule has 0 heterocycles. The zero-order chi connectivity index (χ0) is 9.72. The second-order valence-corrected chi connectivity index (χ2v) is 2.24. The molecule has 1 unspecified atom stereocenters. The molecule has 0 aromatic rings. The summed E-state index contributed by atoms with van der Waals surface area (Å²) in [5, 5.41) is 8.89. The van der Waals surface area contributed by atoms with Crippen molar-refractivity contribution in [2.45, 2.75) is 20.0 Å². The molecule has 0 bridgehead atoms. The molecule has 0 aliphatic rings. The quantitative estimate of drug-likeness (QED) is 0.440. The second-order valence-electron chi connectivity index (χ2n) is 2.24. The summed E-state index contributed by atoms with van der Waals surface area (Å²) in [7, 11) is 0. The summed E-state index contributed by atoms with van der Waals surface area (Å²) in [6, 6.07) is 0. The molecule has 5 heteroatoms. The molecule has 0 aromatic carbocycles. The Morgan fingerprint density at radius 2 is 1.83 bits per heavy atom. The van der Waals surface area contributed by atoms with Gasteiger partial charge < -0.3 is 9.84 Å². The van der Waals surface area contributed by atoms with Crippen LogP contribution in [0.25, 0.3) is 0 Å². The van der Waals surface area contributed by atoms with Gasteiger partial charge in [0.15, 0.2) is 11.9 Å². The number of aliphatic hydroxyl groups is 1. The Labute approximate surface area is 69.3 Å². The first kappa shape index (κ1) is 10.8. The summed E-state index contributed by atoms with van der Waals surface area (Å²) in [4.78, 5) is 31.3. The zero-order valence-electron chi connectivity index (χ0n) is 6.86. The van der Waals surface area contributed by atoms with Gasteiger partial charge in [0.25, 0.3) is 0 Å². The van der Waals surface area contributed by atoms with Crippen molar-refractivity contribution in [2.24, 2.45) is 0 Å². The van der Waals surface area contributed by atoms with Gasteiger partial charge in [0.1, 0.15) is 6.61 Å². The molecule has 0 aliphatic carbocycles. The van der Waals surface area contributed by atoms with Gasteiger partial charge in [-0.25, -0.2) is 0 Å². The lowest BCUT2D eigenvalue weighted by Crippen LogP contribution is -2.31. The Balaban J connectivity index is 3.87. The monoisotopic (exact) mass is 174 g/mol. The summed E-state index contributed by atoms with van der Waals surface area (Å²) in [5.41, 5.74) is 0. The molecule has 1 atom stereocenters. The van der Waals surface area contributed by atoms with Crippen molar-refractivity contribution >= 4 is 17.5 Å². The minimum absolute atomic E-state index is 0.465. The normalized spacial score (nSPS) is 11.9. The maximum absolute atomic E-state index is 10.7. The Bertz CT molecular complexity index is 208. The van der Waals surface area contributed by atoms with Gasteiger partial charge in [-0.3, -0.25) is 14.4 Å². The van der Waals surface area contributed by atoms with Gasteiger partial charge in [-0.15, -0.1) is 0 Å². The van der Waals surface area contributed by atoms with Gasteiger partial charge in [0, 0.05) is 13.8 Å². The average molecular weight is 174 g/mol. The molecule has 0 spiro atoms. The summed E-state index contributed by atoms with van der Waals surface area (Å²) in [5.74, 6) is -2.31. The number of aliphatic hydroxyl groups excluding tert-OH is 1. The van der Waals surface area contributed by atoms with E-state index in [-0.39, 0.29) is 0 Å². The molecule has 0 aromatic heterocycles. The smallest absolute Gasteiger partial charge is 0.302 e. The van der Waals surface area contributed by atoms with E-state index < -0.39 is 30.2 Å². The number of Topliss-reactive ketones (excluding diaryl/α,β-unsaturated/α-hetero) is 2. The van der Waals surface area contributed by atoms with Crippen molar-refractivity contribution in [3.63, 3.8) is 0 Å². The lowest BCUT2D eigenvalue weighted by atomic mass is 10.2. The van der Waals surface area contributed by atoms with Gasteiger partial charge in [0.2, 0.25) is 5.78 Å². The predicted molar refractivity (Wildman–Crippen MR) is 38.3 cm³/mol. The topological polar surface area (TPSA) is 80.7 Å². The van der Waals surface area contributed by atoms with E-state index in [2.05, 4.69) is 4.74 Å². The minimum Gasteiger partial charge on any atom is -0.463 e. The summed E-state index contributed by atoms with van der Waals surface area (Å²) >= 11 is 0. The fraction of sp³-hybridized carbons (Fsp3) is 0.571. The highest BCUT2D eigenvalue weighted by Gasteiger charge is 2.20. The molecular formula is C7H10O5. The van der Waals surface area contributed by atoms with Crippen molar-refractivity contribution in [1.82, 2.24) is 0 Å². The van der Waals surface area contributed by atoms with E-state index in [1.54, 1.807) is 0 Å². The third-order valence-electron chi connectivity index (χ3n) is 1.09. The van der Waals surface area contributed by atoms with Crippen LogP contribution in [0.3, 0.4) is 0 Å². The number of hydrogen-bond acceptors (Lipinski definition) is 5. The van der Waals surface area contributed by atoms with Crippen molar-refractivity contribution in [3.8, 4) is 0 Å². The largest absolute Gasteiger partial charge is 0.463 e. The van der Waals surface area contributed by atoms with Crippen LogP contribution in [0.2, 0.25) is 0 Å². The predicted octanol–water partition coefficient (Wildman–Crippen LogP) is -0.932. The van der Waals surface area contributed by atoms with Crippen LogP contribution in [0.5, 0.6) is 0 Å². The number of carbonyl (C=O) groups excluding carboxylic acids is 3. The summed E-state index contributed by atoms with van der Waals surface area (Å²) in [6.45, 7) is 1.72. The first-order chi connectivity index (χ1) is 5.45. The molecule has 0 aliphatic heterocycles. The lowest BCUT2D eigenvalue weighted by Gasteiger charge is -2.06. The van der Waals surface area contributed by atoms with E-state index in [1.165, 1.54) is 0 Å². The lowest BCUT2D eigenvalue weighted by molar-refractivity contribution is -0.149. The van der Waals surface area contributed by atoms with Crippen molar-refractivity contribution in [3.05, 3.63) is 0 Å².